The van der Waals surface area contributed by atoms with Gasteiger partial charge in [-0.3, -0.25) is 4.79 Å². The molecule has 7 nitrogen and oxygen atoms in total. The van der Waals surface area contributed by atoms with Gasteiger partial charge in [0.25, 0.3) is 0 Å². The molecular weight excluding hydrogens is 380 g/mol. The smallest absolute Gasteiger partial charge is 0.242 e. The number of methoxy groups -OCH3 is 1. The molecule has 0 atom stereocenters. The molecular formula is C23H32N4O3. The van der Waals surface area contributed by atoms with E-state index in [1.807, 2.05) is 74.3 Å². The molecule has 30 heavy (non-hydrogen) atoms. The fraction of sp³-hybridized carbons (Fsp3) is 0.391. The summed E-state index contributed by atoms with van der Waals surface area (Å²) < 4.78 is 10.6. The van der Waals surface area contributed by atoms with Gasteiger partial charge < -0.3 is 25.0 Å². The van der Waals surface area contributed by atoms with Crippen molar-refractivity contribution in [3.63, 3.8) is 0 Å². The third-order valence-electron chi connectivity index (χ3n) is 4.37. The maximum Gasteiger partial charge on any atom is 0.242 e. The highest BCUT2D eigenvalue weighted by Gasteiger charge is 2.08. The number of nitrogens with one attached hydrogen (secondary N) is 2. The lowest BCUT2D eigenvalue weighted by molar-refractivity contribution is -0.119. The minimum Gasteiger partial charge on any atom is -0.497 e. The van der Waals surface area contributed by atoms with Crippen LogP contribution < -0.4 is 20.1 Å². The zero-order chi connectivity index (χ0) is 21.8. The van der Waals surface area contributed by atoms with Crippen LogP contribution in [0.4, 0.5) is 0 Å². The van der Waals surface area contributed by atoms with Crippen molar-refractivity contribution < 1.29 is 14.3 Å². The van der Waals surface area contributed by atoms with E-state index in [1.165, 1.54) is 0 Å². The van der Waals surface area contributed by atoms with Crippen LogP contribution in [0, 0.1) is 0 Å². The Morgan fingerprint density at radius 3 is 2.20 bits per heavy atom. The van der Waals surface area contributed by atoms with Gasteiger partial charge in [-0.05, 0) is 49.2 Å². The van der Waals surface area contributed by atoms with Crippen molar-refractivity contribution in [2.75, 3.05) is 33.9 Å². The normalized spacial score (nSPS) is 11.0. The topological polar surface area (TPSA) is 75.2 Å². The third kappa shape index (κ3) is 7.66. The first-order valence-electron chi connectivity index (χ1n) is 10.2. The molecule has 2 N–H and O–H groups in total. The number of ether oxygens (including phenoxy) is 2. The van der Waals surface area contributed by atoms with Gasteiger partial charge in [-0.2, -0.15) is 0 Å². The summed E-state index contributed by atoms with van der Waals surface area (Å²) in [5.74, 6) is 2.21. The quantitative estimate of drug-likeness (QED) is 0.464. The Morgan fingerprint density at radius 2 is 1.60 bits per heavy atom. The van der Waals surface area contributed by atoms with Crippen LogP contribution in [-0.4, -0.2) is 50.6 Å². The maximum atomic E-state index is 12.2. The van der Waals surface area contributed by atoms with E-state index in [4.69, 9.17) is 9.47 Å². The van der Waals surface area contributed by atoms with Gasteiger partial charge in [0.15, 0.2) is 5.96 Å². The Labute approximate surface area is 179 Å². The number of rotatable bonds is 10. The van der Waals surface area contributed by atoms with Crippen molar-refractivity contribution in [1.82, 2.24) is 15.5 Å². The number of hydrogen-bond donors (Lipinski definition) is 2. The molecule has 0 saturated carbocycles. The first kappa shape index (κ1) is 23.1. The van der Waals surface area contributed by atoms with Gasteiger partial charge in [0.05, 0.1) is 13.7 Å². The van der Waals surface area contributed by atoms with Gasteiger partial charge in [0, 0.05) is 26.7 Å². The highest BCUT2D eigenvalue weighted by molar-refractivity contribution is 5.84. The molecule has 2 aromatic rings. The molecule has 162 valence electrons. The van der Waals surface area contributed by atoms with Crippen molar-refractivity contribution in [2.24, 2.45) is 4.99 Å². The highest BCUT2D eigenvalue weighted by atomic mass is 16.5. The fourth-order valence-electron chi connectivity index (χ4n) is 2.82. The van der Waals surface area contributed by atoms with E-state index in [1.54, 1.807) is 7.11 Å². The highest BCUT2D eigenvalue weighted by Crippen LogP contribution is 2.13. The minimum atomic E-state index is -0.129. The Hall–Kier alpha value is -3.22. The number of guanidine groups is 1. The molecule has 0 aromatic heterocycles. The van der Waals surface area contributed by atoms with E-state index in [9.17, 15) is 4.79 Å². The average molecular weight is 413 g/mol. The van der Waals surface area contributed by atoms with E-state index in [-0.39, 0.29) is 12.5 Å². The maximum absolute atomic E-state index is 12.2. The number of carbonyl (C=O) groups excluding carboxylic acids is 1. The molecule has 0 saturated heterocycles. The largest absolute Gasteiger partial charge is 0.497 e. The zero-order valence-electron chi connectivity index (χ0n) is 18.3. The third-order valence-corrected chi connectivity index (χ3v) is 4.37. The van der Waals surface area contributed by atoms with Crippen molar-refractivity contribution in [3.05, 3.63) is 59.7 Å². The summed E-state index contributed by atoms with van der Waals surface area (Å²) in [6.45, 7) is 6.53. The van der Waals surface area contributed by atoms with E-state index in [0.717, 1.165) is 29.2 Å². The van der Waals surface area contributed by atoms with Crippen molar-refractivity contribution in [3.8, 4) is 11.5 Å². The lowest BCUT2D eigenvalue weighted by atomic mass is 10.2. The minimum absolute atomic E-state index is 0.0616. The first-order chi connectivity index (χ1) is 14.5. The Kier molecular flexibility index (Phi) is 9.51. The Balaban J connectivity index is 1.88. The van der Waals surface area contributed by atoms with Gasteiger partial charge in [0.1, 0.15) is 18.0 Å². The molecule has 7 heteroatoms. The SMILES string of the molecule is CCNC(=NCC(=O)NCc1ccc(OC)cc1)N(C)Cc1ccc(OCC)cc1. The summed E-state index contributed by atoms with van der Waals surface area (Å²) in [6, 6.07) is 15.6. The summed E-state index contributed by atoms with van der Waals surface area (Å²) >= 11 is 0. The summed E-state index contributed by atoms with van der Waals surface area (Å²) in [7, 11) is 3.58. The molecule has 1 amide bonds. The standard InChI is InChI=1S/C23H32N4O3/c1-5-24-23(27(3)17-19-9-13-21(14-10-19)30-6-2)26-16-22(28)25-15-18-7-11-20(29-4)12-8-18/h7-14H,5-6,15-17H2,1-4H3,(H,24,26)(H,25,28). The molecule has 0 aliphatic heterocycles. The molecule has 0 radical (unpaired) electrons. The fourth-order valence-corrected chi connectivity index (χ4v) is 2.82. The lowest BCUT2D eigenvalue weighted by Gasteiger charge is -2.22. The van der Waals surface area contributed by atoms with E-state index < -0.39 is 0 Å². The second kappa shape index (κ2) is 12.4. The van der Waals surface area contributed by atoms with Crippen LogP contribution >= 0.6 is 0 Å². The molecule has 0 fully saturated rings. The summed E-state index contributed by atoms with van der Waals surface area (Å²) in [4.78, 5) is 18.7. The second-order valence-electron chi connectivity index (χ2n) is 6.73. The first-order valence-corrected chi connectivity index (χ1v) is 10.2. The predicted octanol–water partition coefficient (Wildman–Crippen LogP) is 2.81. The van der Waals surface area contributed by atoms with Crippen LogP contribution in [0.1, 0.15) is 25.0 Å². The number of hydrogen-bond acceptors (Lipinski definition) is 4. The number of nitrogens with zero attached hydrogens (tertiary/aromatic N) is 2. The van der Waals surface area contributed by atoms with E-state index in [0.29, 0.717) is 25.7 Å². The van der Waals surface area contributed by atoms with Gasteiger partial charge in [0.2, 0.25) is 5.91 Å². The average Bonchev–Trinajstić information content (AvgIpc) is 2.77. The summed E-state index contributed by atoms with van der Waals surface area (Å²) in [5.41, 5.74) is 2.14. The van der Waals surface area contributed by atoms with E-state index >= 15 is 0 Å². The van der Waals surface area contributed by atoms with Gasteiger partial charge in [-0.25, -0.2) is 4.99 Å². The number of amides is 1. The molecule has 0 aliphatic carbocycles. The van der Waals surface area contributed by atoms with Gasteiger partial charge in [-0.15, -0.1) is 0 Å². The molecule has 0 aliphatic rings. The molecule has 0 spiro atoms. The second-order valence-corrected chi connectivity index (χ2v) is 6.73. The predicted molar refractivity (Wildman–Crippen MR) is 120 cm³/mol. The summed E-state index contributed by atoms with van der Waals surface area (Å²) in [5, 5.41) is 6.13. The van der Waals surface area contributed by atoms with Crippen molar-refractivity contribution >= 4 is 11.9 Å². The number of carbonyl (C=O) groups is 1. The number of benzene rings is 2. The van der Waals surface area contributed by atoms with Gasteiger partial charge >= 0.3 is 0 Å². The van der Waals surface area contributed by atoms with Crippen LogP contribution in [0.5, 0.6) is 11.5 Å². The number of aliphatic imine (C=N–C) groups is 1. The van der Waals surface area contributed by atoms with Crippen LogP contribution in [0.3, 0.4) is 0 Å². The molecule has 0 heterocycles. The lowest BCUT2D eigenvalue weighted by Crippen LogP contribution is -2.39. The van der Waals surface area contributed by atoms with Crippen LogP contribution in [0.2, 0.25) is 0 Å². The van der Waals surface area contributed by atoms with Crippen LogP contribution in [0.15, 0.2) is 53.5 Å². The Morgan fingerprint density at radius 1 is 0.967 bits per heavy atom. The Bertz CT molecular complexity index is 804. The van der Waals surface area contributed by atoms with Crippen LogP contribution in [0.25, 0.3) is 0 Å². The van der Waals surface area contributed by atoms with Crippen LogP contribution in [-0.2, 0) is 17.9 Å². The monoisotopic (exact) mass is 412 g/mol. The molecule has 0 bridgehead atoms. The molecule has 0 unspecified atom stereocenters. The zero-order valence-corrected chi connectivity index (χ0v) is 18.3. The van der Waals surface area contributed by atoms with E-state index in [2.05, 4.69) is 15.6 Å². The molecule has 2 aromatic carbocycles. The molecule has 2 rings (SSSR count). The van der Waals surface area contributed by atoms with Crippen molar-refractivity contribution in [2.45, 2.75) is 26.9 Å². The van der Waals surface area contributed by atoms with Crippen molar-refractivity contribution in [1.29, 1.82) is 0 Å². The summed E-state index contributed by atoms with van der Waals surface area (Å²) in [6.07, 6.45) is 0. The van der Waals surface area contributed by atoms with Gasteiger partial charge in [-0.1, -0.05) is 24.3 Å².